The minimum atomic E-state index is -0.179. The van der Waals surface area contributed by atoms with Gasteiger partial charge in [-0.05, 0) is 61.4 Å². The average Bonchev–Trinajstić information content (AvgIpc) is 2.36. The van der Waals surface area contributed by atoms with Gasteiger partial charge in [-0.25, -0.2) is 0 Å². The molecule has 0 aliphatic heterocycles. The van der Waals surface area contributed by atoms with E-state index < -0.39 is 0 Å². The quantitative estimate of drug-likeness (QED) is 0.618. The zero-order chi connectivity index (χ0) is 17.6. The summed E-state index contributed by atoms with van der Waals surface area (Å²) in [5, 5.41) is 0. The molecule has 132 valence electrons. The molecular weight excluding hydrogens is 276 g/mol. The SMILES string of the molecule is CCCC(=O)N(C)C(C)(C)CCOC(C)(C)CN(C)C(C)C. The first-order valence-electron chi connectivity index (χ1n) is 8.54. The maximum absolute atomic E-state index is 12.0. The molecule has 22 heavy (non-hydrogen) atoms. The fourth-order valence-corrected chi connectivity index (χ4v) is 2.29. The van der Waals surface area contributed by atoms with Gasteiger partial charge in [0.15, 0.2) is 0 Å². The van der Waals surface area contributed by atoms with Gasteiger partial charge < -0.3 is 14.5 Å². The maximum Gasteiger partial charge on any atom is 0.222 e. The van der Waals surface area contributed by atoms with Crippen molar-refractivity contribution in [3.8, 4) is 0 Å². The topological polar surface area (TPSA) is 32.8 Å². The van der Waals surface area contributed by atoms with Gasteiger partial charge >= 0.3 is 0 Å². The molecule has 4 nitrogen and oxygen atoms in total. The van der Waals surface area contributed by atoms with Crippen LogP contribution in [0.5, 0.6) is 0 Å². The second kappa shape index (κ2) is 8.88. The highest BCUT2D eigenvalue weighted by atomic mass is 16.5. The molecule has 0 aromatic rings. The number of carbonyl (C=O) groups excluding carboxylic acids is 1. The van der Waals surface area contributed by atoms with Crippen molar-refractivity contribution in [2.45, 2.75) is 84.9 Å². The Kier molecular flexibility index (Phi) is 8.63. The number of hydrogen-bond donors (Lipinski definition) is 0. The molecule has 0 fully saturated rings. The zero-order valence-electron chi connectivity index (χ0n) is 16.3. The number of likely N-dealkylation sites (N-methyl/N-ethyl adjacent to an activating group) is 1. The molecule has 4 heteroatoms. The molecule has 0 unspecified atom stereocenters. The molecule has 0 atom stereocenters. The molecule has 0 aromatic heterocycles. The minimum Gasteiger partial charge on any atom is -0.374 e. The lowest BCUT2D eigenvalue weighted by Crippen LogP contribution is -2.47. The molecule has 0 saturated carbocycles. The predicted octanol–water partition coefficient (Wildman–Crippen LogP) is 3.55. The van der Waals surface area contributed by atoms with Gasteiger partial charge in [0.05, 0.1) is 5.60 Å². The second-order valence-corrected chi connectivity index (χ2v) is 7.88. The summed E-state index contributed by atoms with van der Waals surface area (Å²) in [6, 6.07) is 0.511. The molecule has 0 rings (SSSR count). The van der Waals surface area contributed by atoms with Crippen LogP contribution in [-0.4, -0.2) is 60.1 Å². The lowest BCUT2D eigenvalue weighted by Gasteiger charge is -2.38. The van der Waals surface area contributed by atoms with E-state index in [1.807, 2.05) is 18.9 Å². The van der Waals surface area contributed by atoms with E-state index in [2.05, 4.69) is 53.5 Å². The van der Waals surface area contributed by atoms with Crippen molar-refractivity contribution < 1.29 is 9.53 Å². The van der Waals surface area contributed by atoms with Gasteiger partial charge in [-0.3, -0.25) is 4.79 Å². The van der Waals surface area contributed by atoms with Gasteiger partial charge in [0.2, 0.25) is 5.91 Å². The van der Waals surface area contributed by atoms with Crippen molar-refractivity contribution in [3.63, 3.8) is 0 Å². The van der Waals surface area contributed by atoms with Crippen LogP contribution in [0.2, 0.25) is 0 Å². The van der Waals surface area contributed by atoms with Crippen LogP contribution in [0.1, 0.15) is 67.7 Å². The van der Waals surface area contributed by atoms with E-state index in [-0.39, 0.29) is 17.0 Å². The summed E-state index contributed by atoms with van der Waals surface area (Å²) in [6.45, 7) is 16.5. The van der Waals surface area contributed by atoms with Crippen molar-refractivity contribution >= 4 is 5.91 Å². The standard InChI is InChI=1S/C18H38N2O2/c1-10-11-16(21)20(9)17(4,5)12-13-22-18(6,7)14-19(8)15(2)3/h15H,10-14H2,1-9H3. The third-order valence-electron chi connectivity index (χ3n) is 4.46. The predicted molar refractivity (Wildman–Crippen MR) is 94.2 cm³/mol. The molecule has 0 spiro atoms. The van der Waals surface area contributed by atoms with Crippen molar-refractivity contribution in [2.75, 3.05) is 27.2 Å². The first-order valence-corrected chi connectivity index (χ1v) is 8.54. The van der Waals surface area contributed by atoms with Crippen LogP contribution in [0.4, 0.5) is 0 Å². The van der Waals surface area contributed by atoms with E-state index in [4.69, 9.17) is 4.74 Å². The van der Waals surface area contributed by atoms with Gasteiger partial charge in [-0.2, -0.15) is 0 Å². The highest BCUT2D eigenvalue weighted by Crippen LogP contribution is 2.21. The monoisotopic (exact) mass is 314 g/mol. The number of hydrogen-bond acceptors (Lipinski definition) is 3. The maximum atomic E-state index is 12.0. The number of amides is 1. The van der Waals surface area contributed by atoms with E-state index in [1.165, 1.54) is 0 Å². The molecule has 0 aliphatic carbocycles. The third kappa shape index (κ3) is 7.59. The van der Waals surface area contributed by atoms with Crippen LogP contribution in [0.15, 0.2) is 0 Å². The Morgan fingerprint density at radius 2 is 1.68 bits per heavy atom. The largest absolute Gasteiger partial charge is 0.374 e. The molecule has 0 aliphatic rings. The first kappa shape index (κ1) is 21.4. The summed E-state index contributed by atoms with van der Waals surface area (Å²) in [6.07, 6.45) is 2.35. The summed E-state index contributed by atoms with van der Waals surface area (Å²) in [5.41, 5.74) is -0.354. The summed E-state index contributed by atoms with van der Waals surface area (Å²) in [7, 11) is 4.02. The molecule has 0 aromatic carbocycles. The summed E-state index contributed by atoms with van der Waals surface area (Å²) >= 11 is 0. The van der Waals surface area contributed by atoms with E-state index >= 15 is 0 Å². The molecular formula is C18H38N2O2. The van der Waals surface area contributed by atoms with E-state index in [0.717, 1.165) is 19.4 Å². The van der Waals surface area contributed by atoms with Crippen molar-refractivity contribution in [2.24, 2.45) is 0 Å². The second-order valence-electron chi connectivity index (χ2n) is 7.88. The van der Waals surface area contributed by atoms with Crippen LogP contribution < -0.4 is 0 Å². The molecule has 0 radical (unpaired) electrons. The van der Waals surface area contributed by atoms with Crippen LogP contribution in [0.25, 0.3) is 0 Å². The van der Waals surface area contributed by atoms with Crippen molar-refractivity contribution in [3.05, 3.63) is 0 Å². The minimum absolute atomic E-state index is 0.174. The van der Waals surface area contributed by atoms with E-state index in [9.17, 15) is 4.79 Å². The fourth-order valence-electron chi connectivity index (χ4n) is 2.29. The lowest BCUT2D eigenvalue weighted by molar-refractivity contribution is -0.135. The Morgan fingerprint density at radius 3 is 2.14 bits per heavy atom. The first-order chi connectivity index (χ1) is 9.93. The lowest BCUT2D eigenvalue weighted by atomic mass is 9.98. The highest BCUT2D eigenvalue weighted by Gasteiger charge is 2.28. The number of rotatable bonds is 10. The molecule has 0 heterocycles. The fraction of sp³-hybridized carbons (Fsp3) is 0.944. The number of ether oxygens (including phenoxy) is 1. The van der Waals surface area contributed by atoms with Gasteiger partial charge in [0.1, 0.15) is 0 Å². The number of carbonyl (C=O) groups is 1. The van der Waals surface area contributed by atoms with E-state index in [0.29, 0.717) is 19.1 Å². The molecule has 0 bridgehead atoms. The van der Waals surface area contributed by atoms with E-state index in [1.54, 1.807) is 0 Å². The highest BCUT2D eigenvalue weighted by molar-refractivity contribution is 5.76. The van der Waals surface area contributed by atoms with Gasteiger partial charge in [0.25, 0.3) is 0 Å². The normalized spacial score (nSPS) is 13.0. The summed E-state index contributed by atoms with van der Waals surface area (Å²) < 4.78 is 6.10. The van der Waals surface area contributed by atoms with Gasteiger partial charge in [0, 0.05) is 38.2 Å². The Hall–Kier alpha value is -0.610. The van der Waals surface area contributed by atoms with Gasteiger partial charge in [-0.15, -0.1) is 0 Å². The van der Waals surface area contributed by atoms with Crippen LogP contribution in [0.3, 0.4) is 0 Å². The molecule has 0 N–H and O–H groups in total. The average molecular weight is 315 g/mol. The summed E-state index contributed by atoms with van der Waals surface area (Å²) in [4.78, 5) is 16.2. The Balaban J connectivity index is 4.39. The van der Waals surface area contributed by atoms with Crippen molar-refractivity contribution in [1.82, 2.24) is 9.80 Å². The molecule has 0 saturated heterocycles. The molecule has 1 amide bonds. The van der Waals surface area contributed by atoms with Crippen molar-refractivity contribution in [1.29, 1.82) is 0 Å². The van der Waals surface area contributed by atoms with Crippen LogP contribution in [-0.2, 0) is 9.53 Å². The smallest absolute Gasteiger partial charge is 0.222 e. The Morgan fingerprint density at radius 1 is 1.14 bits per heavy atom. The zero-order valence-corrected chi connectivity index (χ0v) is 16.3. The van der Waals surface area contributed by atoms with Crippen LogP contribution in [0, 0.1) is 0 Å². The Labute approximate surface area is 138 Å². The third-order valence-corrected chi connectivity index (χ3v) is 4.46. The van der Waals surface area contributed by atoms with Gasteiger partial charge in [-0.1, -0.05) is 6.92 Å². The Bertz CT molecular complexity index is 338. The summed E-state index contributed by atoms with van der Waals surface area (Å²) in [5.74, 6) is 0.214. The van der Waals surface area contributed by atoms with Crippen LogP contribution >= 0.6 is 0 Å². The number of nitrogens with zero attached hydrogens (tertiary/aromatic N) is 2.